The molecule has 0 bridgehead atoms. The molecule has 0 radical (unpaired) electrons. The molecule has 2 heterocycles. The van der Waals surface area contributed by atoms with Crippen molar-refractivity contribution in [1.29, 1.82) is 0 Å². The quantitative estimate of drug-likeness (QED) is 0.871. The maximum absolute atomic E-state index is 12.1. The number of carboxylic acid groups (broad SMARTS) is 1. The van der Waals surface area contributed by atoms with Gasteiger partial charge in [-0.15, -0.1) is 0 Å². The molecule has 0 unspecified atom stereocenters. The lowest BCUT2D eigenvalue weighted by molar-refractivity contribution is -0.150. The summed E-state index contributed by atoms with van der Waals surface area (Å²) in [6.07, 6.45) is 2.43. The lowest BCUT2D eigenvalue weighted by Crippen LogP contribution is -2.45. The van der Waals surface area contributed by atoms with Crippen LogP contribution in [-0.2, 0) is 4.79 Å². The van der Waals surface area contributed by atoms with Crippen LogP contribution < -0.4 is 0 Å². The number of hydrogen-bond acceptors (Lipinski definition) is 3. The Bertz CT molecular complexity index is 469. The van der Waals surface area contributed by atoms with Crippen molar-refractivity contribution < 1.29 is 19.1 Å². The van der Waals surface area contributed by atoms with Crippen LogP contribution >= 0.6 is 0 Å². The second kappa shape index (κ2) is 4.48. The van der Waals surface area contributed by atoms with Gasteiger partial charge in [-0.05, 0) is 32.8 Å². The van der Waals surface area contributed by atoms with Gasteiger partial charge in [0, 0.05) is 13.1 Å². The fourth-order valence-corrected chi connectivity index (χ4v) is 2.16. The largest absolute Gasteiger partial charge is 0.481 e. The van der Waals surface area contributed by atoms with E-state index in [1.54, 1.807) is 24.8 Å². The number of aryl methyl sites for hydroxylation is 1. The predicted octanol–water partition coefficient (Wildman–Crippen LogP) is 1.91. The minimum Gasteiger partial charge on any atom is -0.481 e. The topological polar surface area (TPSA) is 70.8 Å². The molecule has 18 heavy (non-hydrogen) atoms. The van der Waals surface area contributed by atoms with Gasteiger partial charge in [0.25, 0.3) is 5.91 Å². The summed E-state index contributed by atoms with van der Waals surface area (Å²) < 4.78 is 5.11. The van der Waals surface area contributed by atoms with E-state index in [9.17, 15) is 9.59 Å². The minimum atomic E-state index is -0.784. The van der Waals surface area contributed by atoms with Crippen molar-refractivity contribution in [2.75, 3.05) is 13.1 Å². The Labute approximate surface area is 105 Å². The summed E-state index contributed by atoms with van der Waals surface area (Å²) in [6, 6.07) is 1.70. The van der Waals surface area contributed by atoms with E-state index in [0.29, 0.717) is 37.3 Å². The van der Waals surface area contributed by atoms with Crippen LogP contribution in [0.15, 0.2) is 16.7 Å². The van der Waals surface area contributed by atoms with Crippen molar-refractivity contribution in [1.82, 2.24) is 4.90 Å². The highest BCUT2D eigenvalue weighted by molar-refractivity contribution is 5.94. The van der Waals surface area contributed by atoms with Crippen LogP contribution in [0.25, 0.3) is 0 Å². The number of amides is 1. The van der Waals surface area contributed by atoms with Crippen LogP contribution in [0, 0.1) is 12.3 Å². The Morgan fingerprint density at radius 1 is 1.39 bits per heavy atom. The zero-order valence-corrected chi connectivity index (χ0v) is 10.6. The van der Waals surface area contributed by atoms with Crippen molar-refractivity contribution in [3.63, 3.8) is 0 Å². The van der Waals surface area contributed by atoms with Crippen molar-refractivity contribution in [2.24, 2.45) is 5.41 Å². The summed E-state index contributed by atoms with van der Waals surface area (Å²) in [7, 11) is 0. The Hall–Kier alpha value is -1.78. The fourth-order valence-electron chi connectivity index (χ4n) is 2.16. The van der Waals surface area contributed by atoms with E-state index in [4.69, 9.17) is 9.52 Å². The molecule has 0 aromatic carbocycles. The van der Waals surface area contributed by atoms with E-state index in [1.807, 2.05) is 0 Å². The Balaban J connectivity index is 2.02. The number of aliphatic carboxylic acids is 1. The van der Waals surface area contributed by atoms with Gasteiger partial charge in [0.15, 0.2) is 0 Å². The van der Waals surface area contributed by atoms with Gasteiger partial charge in [0.1, 0.15) is 12.0 Å². The molecule has 1 fully saturated rings. The van der Waals surface area contributed by atoms with Gasteiger partial charge in [-0.1, -0.05) is 0 Å². The van der Waals surface area contributed by atoms with Crippen molar-refractivity contribution in [3.8, 4) is 0 Å². The van der Waals surface area contributed by atoms with E-state index in [0.717, 1.165) is 0 Å². The normalized spacial score (nSPS) is 18.7. The molecule has 5 nitrogen and oxygen atoms in total. The third kappa shape index (κ3) is 2.25. The van der Waals surface area contributed by atoms with Gasteiger partial charge in [0.2, 0.25) is 0 Å². The zero-order chi connectivity index (χ0) is 13.3. The number of piperidine rings is 1. The lowest BCUT2D eigenvalue weighted by Gasteiger charge is -2.36. The van der Waals surface area contributed by atoms with Crippen LogP contribution in [0.1, 0.15) is 35.9 Å². The molecule has 0 spiro atoms. The molecule has 1 aromatic heterocycles. The van der Waals surface area contributed by atoms with Crippen molar-refractivity contribution >= 4 is 11.9 Å². The SMILES string of the molecule is Cc1cc(C(=O)N2CCC(C)(C(=O)O)CC2)co1. The minimum absolute atomic E-state index is 0.0840. The zero-order valence-electron chi connectivity index (χ0n) is 10.6. The van der Waals surface area contributed by atoms with Gasteiger partial charge in [0.05, 0.1) is 11.0 Å². The van der Waals surface area contributed by atoms with E-state index in [1.165, 1.54) is 6.26 Å². The van der Waals surface area contributed by atoms with Crippen LogP contribution in [0.4, 0.5) is 0 Å². The second-order valence-electron chi connectivity index (χ2n) is 5.10. The summed E-state index contributed by atoms with van der Waals surface area (Å²) in [5.74, 6) is -0.168. The Morgan fingerprint density at radius 2 is 2.00 bits per heavy atom. The number of hydrogen-bond donors (Lipinski definition) is 1. The molecule has 0 aliphatic carbocycles. The number of rotatable bonds is 2. The summed E-state index contributed by atoms with van der Waals surface area (Å²) in [4.78, 5) is 24.9. The number of likely N-dealkylation sites (tertiary alicyclic amines) is 1. The predicted molar refractivity (Wildman–Crippen MR) is 64.3 cm³/mol. The second-order valence-corrected chi connectivity index (χ2v) is 5.10. The van der Waals surface area contributed by atoms with E-state index in [2.05, 4.69) is 0 Å². The van der Waals surface area contributed by atoms with Crippen LogP contribution in [0.3, 0.4) is 0 Å². The average Bonchev–Trinajstić information content (AvgIpc) is 2.76. The van der Waals surface area contributed by atoms with E-state index in [-0.39, 0.29) is 5.91 Å². The highest BCUT2D eigenvalue weighted by Crippen LogP contribution is 2.31. The summed E-state index contributed by atoms with van der Waals surface area (Å²) in [5, 5.41) is 9.12. The third-order valence-corrected chi connectivity index (χ3v) is 3.65. The first kappa shape index (κ1) is 12.7. The third-order valence-electron chi connectivity index (χ3n) is 3.65. The van der Waals surface area contributed by atoms with Gasteiger partial charge >= 0.3 is 5.97 Å². The molecule has 1 N–H and O–H groups in total. The van der Waals surface area contributed by atoms with Crippen molar-refractivity contribution in [3.05, 3.63) is 23.7 Å². The first-order valence-corrected chi connectivity index (χ1v) is 6.00. The van der Waals surface area contributed by atoms with Gasteiger partial charge in [-0.2, -0.15) is 0 Å². The molecule has 1 aromatic rings. The molecular weight excluding hydrogens is 234 g/mol. The molecule has 5 heteroatoms. The molecule has 1 saturated heterocycles. The number of carbonyl (C=O) groups excluding carboxylic acids is 1. The van der Waals surface area contributed by atoms with Gasteiger partial charge in [-0.25, -0.2) is 0 Å². The molecule has 1 aliphatic rings. The number of carboxylic acids is 1. The molecular formula is C13H17NO4. The maximum atomic E-state index is 12.1. The molecule has 0 atom stereocenters. The Kier molecular flexibility index (Phi) is 3.15. The number of nitrogens with zero attached hydrogens (tertiary/aromatic N) is 1. The summed E-state index contributed by atoms with van der Waals surface area (Å²) in [5.41, 5.74) is -0.172. The Morgan fingerprint density at radius 3 is 2.44 bits per heavy atom. The fraction of sp³-hybridized carbons (Fsp3) is 0.538. The number of carbonyl (C=O) groups is 2. The van der Waals surface area contributed by atoms with E-state index < -0.39 is 11.4 Å². The standard InChI is InChI=1S/C13H17NO4/c1-9-7-10(8-18-9)11(15)14-5-3-13(2,4-6-14)12(16)17/h7-8H,3-6H2,1-2H3,(H,16,17). The van der Waals surface area contributed by atoms with Crippen LogP contribution in [-0.4, -0.2) is 35.0 Å². The molecule has 0 saturated carbocycles. The molecule has 1 amide bonds. The average molecular weight is 251 g/mol. The van der Waals surface area contributed by atoms with Crippen LogP contribution in [0.2, 0.25) is 0 Å². The molecule has 1 aliphatic heterocycles. The maximum Gasteiger partial charge on any atom is 0.309 e. The first-order chi connectivity index (χ1) is 8.42. The van der Waals surface area contributed by atoms with Gasteiger partial charge in [-0.3, -0.25) is 9.59 Å². The smallest absolute Gasteiger partial charge is 0.309 e. The first-order valence-electron chi connectivity index (χ1n) is 6.00. The van der Waals surface area contributed by atoms with E-state index >= 15 is 0 Å². The number of furan rings is 1. The highest BCUT2D eigenvalue weighted by Gasteiger charge is 2.38. The lowest BCUT2D eigenvalue weighted by atomic mass is 9.80. The molecule has 98 valence electrons. The van der Waals surface area contributed by atoms with Crippen molar-refractivity contribution in [2.45, 2.75) is 26.7 Å². The van der Waals surface area contributed by atoms with Crippen LogP contribution in [0.5, 0.6) is 0 Å². The highest BCUT2D eigenvalue weighted by atomic mass is 16.4. The summed E-state index contributed by atoms with van der Waals surface area (Å²) >= 11 is 0. The molecule has 2 rings (SSSR count). The van der Waals surface area contributed by atoms with Gasteiger partial charge < -0.3 is 14.4 Å². The monoisotopic (exact) mass is 251 g/mol. The summed E-state index contributed by atoms with van der Waals surface area (Å²) in [6.45, 7) is 4.48.